The predicted molar refractivity (Wildman–Crippen MR) is 72.1 cm³/mol. The van der Waals surface area contributed by atoms with E-state index in [2.05, 4.69) is 4.74 Å². The molecule has 0 spiro atoms. The number of nitrogens with one attached hydrogen (secondary N) is 1. The van der Waals surface area contributed by atoms with Crippen molar-refractivity contribution in [3.8, 4) is 0 Å². The molecule has 20 heavy (non-hydrogen) atoms. The lowest BCUT2D eigenvalue weighted by molar-refractivity contribution is -0.147. The van der Waals surface area contributed by atoms with Crippen molar-refractivity contribution in [2.45, 2.75) is 30.0 Å². The molecule has 0 aliphatic rings. The van der Waals surface area contributed by atoms with Gasteiger partial charge >= 0.3 is 11.9 Å². The highest BCUT2D eigenvalue weighted by Crippen LogP contribution is 2.22. The standard InChI is InChI=1S/C11H15NO6S2/c1-3-7-4-5-10(19-7)20(16,17)12-8(11(14)15)6-9(13)18-2/h4-5,8,12H,3,6H2,1-2H3,(H,14,15)/t8-/m0/s1. The minimum absolute atomic E-state index is 0.0189. The molecule has 9 heteroatoms. The van der Waals surface area contributed by atoms with Gasteiger partial charge in [-0.3, -0.25) is 9.59 Å². The van der Waals surface area contributed by atoms with Crippen molar-refractivity contribution in [3.05, 3.63) is 17.0 Å². The molecule has 0 aliphatic carbocycles. The Morgan fingerprint density at radius 1 is 1.45 bits per heavy atom. The Balaban J connectivity index is 2.91. The summed E-state index contributed by atoms with van der Waals surface area (Å²) in [6.45, 7) is 1.88. The SMILES string of the molecule is CCc1ccc(S(=O)(=O)N[C@@H](CC(=O)OC)C(=O)O)s1. The van der Waals surface area contributed by atoms with E-state index < -0.39 is 34.4 Å². The van der Waals surface area contributed by atoms with Crippen molar-refractivity contribution >= 4 is 33.3 Å². The monoisotopic (exact) mass is 321 g/mol. The van der Waals surface area contributed by atoms with Crippen LogP contribution in [0.3, 0.4) is 0 Å². The number of rotatable bonds is 7. The maximum absolute atomic E-state index is 12.0. The fraction of sp³-hybridized carbons (Fsp3) is 0.455. The molecule has 1 rings (SSSR count). The van der Waals surface area contributed by atoms with Gasteiger partial charge in [-0.2, -0.15) is 4.72 Å². The van der Waals surface area contributed by atoms with Crippen LogP contribution in [0.5, 0.6) is 0 Å². The average molecular weight is 321 g/mol. The van der Waals surface area contributed by atoms with Gasteiger partial charge in [-0.05, 0) is 18.6 Å². The molecule has 0 saturated heterocycles. The molecule has 1 heterocycles. The third kappa shape index (κ3) is 4.29. The van der Waals surface area contributed by atoms with E-state index in [1.165, 1.54) is 6.07 Å². The number of thiophene rings is 1. The first-order chi connectivity index (χ1) is 9.30. The molecule has 1 atom stereocenters. The normalized spacial score (nSPS) is 12.9. The molecular formula is C11H15NO6S2. The largest absolute Gasteiger partial charge is 0.480 e. The Bertz CT molecular complexity index is 592. The van der Waals surface area contributed by atoms with E-state index in [1.54, 1.807) is 6.07 Å². The average Bonchev–Trinajstić information content (AvgIpc) is 2.86. The van der Waals surface area contributed by atoms with Gasteiger partial charge in [-0.1, -0.05) is 6.92 Å². The Kier molecular flexibility index (Phi) is 5.66. The van der Waals surface area contributed by atoms with Crippen molar-refractivity contribution in [2.75, 3.05) is 7.11 Å². The van der Waals surface area contributed by atoms with Gasteiger partial charge in [-0.25, -0.2) is 8.42 Å². The molecule has 0 bridgehead atoms. The van der Waals surface area contributed by atoms with Crippen molar-refractivity contribution in [1.29, 1.82) is 0 Å². The van der Waals surface area contributed by atoms with Crippen LogP contribution in [0.1, 0.15) is 18.2 Å². The second kappa shape index (κ2) is 6.82. The number of esters is 1. The lowest BCUT2D eigenvalue weighted by Gasteiger charge is -2.12. The van der Waals surface area contributed by atoms with Crippen molar-refractivity contribution in [1.82, 2.24) is 4.72 Å². The molecule has 0 radical (unpaired) electrons. The molecule has 0 aliphatic heterocycles. The summed E-state index contributed by atoms with van der Waals surface area (Å²) < 4.78 is 30.4. The summed E-state index contributed by atoms with van der Waals surface area (Å²) in [4.78, 5) is 22.9. The van der Waals surface area contributed by atoms with Crippen LogP contribution < -0.4 is 4.72 Å². The number of carboxylic acids is 1. The van der Waals surface area contributed by atoms with Crippen LogP contribution in [-0.2, 0) is 30.8 Å². The van der Waals surface area contributed by atoms with Crippen LogP contribution in [-0.4, -0.2) is 38.6 Å². The van der Waals surface area contributed by atoms with Crippen molar-refractivity contribution in [2.24, 2.45) is 0 Å². The fourth-order valence-corrected chi connectivity index (χ4v) is 3.87. The maximum atomic E-state index is 12.0. The number of aryl methyl sites for hydroxylation is 1. The molecule has 2 N–H and O–H groups in total. The van der Waals surface area contributed by atoms with E-state index in [9.17, 15) is 18.0 Å². The van der Waals surface area contributed by atoms with Gasteiger partial charge in [0.1, 0.15) is 10.3 Å². The third-order valence-electron chi connectivity index (χ3n) is 2.44. The first-order valence-electron chi connectivity index (χ1n) is 5.70. The molecule has 112 valence electrons. The Morgan fingerprint density at radius 3 is 2.55 bits per heavy atom. The van der Waals surface area contributed by atoms with E-state index in [0.717, 1.165) is 23.3 Å². The van der Waals surface area contributed by atoms with Gasteiger partial charge in [0.2, 0.25) is 0 Å². The van der Waals surface area contributed by atoms with Gasteiger partial charge < -0.3 is 9.84 Å². The van der Waals surface area contributed by atoms with Gasteiger partial charge in [0.05, 0.1) is 13.5 Å². The van der Waals surface area contributed by atoms with E-state index in [1.807, 2.05) is 11.6 Å². The quantitative estimate of drug-likeness (QED) is 0.712. The van der Waals surface area contributed by atoms with Gasteiger partial charge in [0.15, 0.2) is 0 Å². The maximum Gasteiger partial charge on any atom is 0.322 e. The molecule has 0 saturated carbocycles. The molecular weight excluding hydrogens is 306 g/mol. The van der Waals surface area contributed by atoms with Crippen LogP contribution in [0, 0.1) is 0 Å². The molecule has 0 amide bonds. The molecule has 7 nitrogen and oxygen atoms in total. The minimum atomic E-state index is -3.97. The van der Waals surface area contributed by atoms with E-state index in [-0.39, 0.29) is 4.21 Å². The summed E-state index contributed by atoms with van der Waals surface area (Å²) in [7, 11) is -2.87. The number of hydrogen-bond donors (Lipinski definition) is 2. The van der Waals surface area contributed by atoms with E-state index in [0.29, 0.717) is 6.42 Å². The number of hydrogen-bond acceptors (Lipinski definition) is 6. The summed E-state index contributed by atoms with van der Waals surface area (Å²) in [5.41, 5.74) is 0. The predicted octanol–water partition coefficient (Wildman–Crippen LogP) is 0.605. The Labute approximate surface area is 120 Å². The van der Waals surface area contributed by atoms with Crippen LogP contribution in [0.15, 0.2) is 16.3 Å². The summed E-state index contributed by atoms with van der Waals surface area (Å²) in [5.74, 6) is -2.24. The highest BCUT2D eigenvalue weighted by molar-refractivity contribution is 7.91. The first kappa shape index (κ1) is 16.6. The number of aliphatic carboxylic acids is 1. The third-order valence-corrected chi connectivity index (χ3v) is 5.64. The van der Waals surface area contributed by atoms with Crippen molar-refractivity contribution in [3.63, 3.8) is 0 Å². The lowest BCUT2D eigenvalue weighted by atomic mass is 10.2. The van der Waals surface area contributed by atoms with Crippen LogP contribution in [0.25, 0.3) is 0 Å². The number of carboxylic acid groups (broad SMARTS) is 1. The fourth-order valence-electron chi connectivity index (χ4n) is 1.37. The number of methoxy groups -OCH3 is 1. The number of carbonyl (C=O) groups is 2. The smallest absolute Gasteiger partial charge is 0.322 e. The zero-order chi connectivity index (χ0) is 15.3. The van der Waals surface area contributed by atoms with Crippen molar-refractivity contribution < 1.29 is 27.9 Å². The number of ether oxygens (including phenoxy) is 1. The molecule has 0 fully saturated rings. The van der Waals surface area contributed by atoms with Gasteiger partial charge in [0, 0.05) is 4.88 Å². The minimum Gasteiger partial charge on any atom is -0.480 e. The summed E-state index contributed by atoms with van der Waals surface area (Å²) in [6.07, 6.45) is 0.113. The van der Waals surface area contributed by atoms with Crippen LogP contribution >= 0.6 is 11.3 Å². The number of sulfonamides is 1. The zero-order valence-corrected chi connectivity index (χ0v) is 12.6. The van der Waals surface area contributed by atoms with Crippen LogP contribution in [0.2, 0.25) is 0 Å². The van der Waals surface area contributed by atoms with E-state index in [4.69, 9.17) is 5.11 Å². The highest BCUT2D eigenvalue weighted by Gasteiger charge is 2.28. The number of carbonyl (C=O) groups excluding carboxylic acids is 1. The molecule has 0 aromatic carbocycles. The first-order valence-corrected chi connectivity index (χ1v) is 8.00. The molecule has 1 aromatic heterocycles. The molecule has 1 aromatic rings. The summed E-state index contributed by atoms with van der Waals surface area (Å²) in [6, 6.07) is 1.51. The summed E-state index contributed by atoms with van der Waals surface area (Å²) in [5, 5.41) is 8.95. The Hall–Kier alpha value is -1.45. The van der Waals surface area contributed by atoms with Crippen LogP contribution in [0.4, 0.5) is 0 Å². The topological polar surface area (TPSA) is 110 Å². The highest BCUT2D eigenvalue weighted by atomic mass is 32.2. The summed E-state index contributed by atoms with van der Waals surface area (Å²) >= 11 is 1.06. The van der Waals surface area contributed by atoms with Gasteiger partial charge in [0.25, 0.3) is 10.0 Å². The second-order valence-electron chi connectivity index (χ2n) is 3.87. The molecule has 0 unspecified atom stereocenters. The van der Waals surface area contributed by atoms with E-state index >= 15 is 0 Å². The Morgan fingerprint density at radius 2 is 2.10 bits per heavy atom. The van der Waals surface area contributed by atoms with Gasteiger partial charge in [-0.15, -0.1) is 11.3 Å². The zero-order valence-electron chi connectivity index (χ0n) is 11.0. The second-order valence-corrected chi connectivity index (χ2v) is 6.98. The lowest BCUT2D eigenvalue weighted by Crippen LogP contribution is -2.42.